The number of benzene rings is 2. The fraction of sp³-hybridized carbons (Fsp3) is 0.273. The van der Waals surface area contributed by atoms with Crippen LogP contribution in [-0.4, -0.2) is 39.4 Å². The first-order chi connectivity index (χ1) is 14.6. The molecule has 3 aromatic rings. The van der Waals surface area contributed by atoms with Crippen molar-refractivity contribution >= 4 is 11.9 Å². The van der Waals surface area contributed by atoms with Gasteiger partial charge in [-0.2, -0.15) is 0 Å². The Bertz CT molecular complexity index is 859. The number of ether oxygens (including phenoxy) is 2. The third-order valence-electron chi connectivity index (χ3n) is 4.39. The Morgan fingerprint density at radius 1 is 0.900 bits per heavy atom. The van der Waals surface area contributed by atoms with Crippen LogP contribution in [0.2, 0.25) is 0 Å². The standard InChI is InChI=1S/C22H24FN3O3S/c1-28-19-7-3-16(4-8-19)13-26(14-17-5-9-20(29-2)10-6-17)30-15-21(27)22-24-11-18(23)12-25-22/h3-12,21,27H,13-15H2,1-2H3. The molecule has 8 heteroatoms. The van der Waals surface area contributed by atoms with Crippen LogP contribution in [0.15, 0.2) is 60.9 Å². The van der Waals surface area contributed by atoms with Gasteiger partial charge in [-0.3, -0.25) is 0 Å². The molecule has 0 saturated heterocycles. The first-order valence-electron chi connectivity index (χ1n) is 9.36. The van der Waals surface area contributed by atoms with Crippen molar-refractivity contribution in [3.8, 4) is 11.5 Å². The van der Waals surface area contributed by atoms with Crippen molar-refractivity contribution in [3.05, 3.63) is 83.7 Å². The SMILES string of the molecule is COc1ccc(CN(Cc2ccc(OC)cc2)SCC(O)c2ncc(F)cn2)cc1. The van der Waals surface area contributed by atoms with E-state index < -0.39 is 11.9 Å². The minimum atomic E-state index is -0.898. The van der Waals surface area contributed by atoms with Gasteiger partial charge in [0.25, 0.3) is 0 Å². The lowest BCUT2D eigenvalue weighted by Crippen LogP contribution is -2.18. The highest BCUT2D eigenvalue weighted by Crippen LogP contribution is 2.25. The van der Waals surface area contributed by atoms with Gasteiger partial charge in [-0.15, -0.1) is 0 Å². The molecule has 0 radical (unpaired) electrons. The third-order valence-corrected chi connectivity index (χ3v) is 5.48. The van der Waals surface area contributed by atoms with Gasteiger partial charge in [0.1, 0.15) is 17.6 Å². The van der Waals surface area contributed by atoms with Gasteiger partial charge in [-0.25, -0.2) is 18.7 Å². The van der Waals surface area contributed by atoms with Gasteiger partial charge in [0.15, 0.2) is 11.6 Å². The number of aliphatic hydroxyl groups excluding tert-OH is 1. The van der Waals surface area contributed by atoms with Crippen LogP contribution in [-0.2, 0) is 13.1 Å². The summed E-state index contributed by atoms with van der Waals surface area (Å²) in [5.41, 5.74) is 2.23. The maximum absolute atomic E-state index is 13.0. The molecule has 0 aliphatic heterocycles. The van der Waals surface area contributed by atoms with Crippen LogP contribution in [0.5, 0.6) is 11.5 Å². The van der Waals surface area contributed by atoms with Crippen molar-refractivity contribution in [1.82, 2.24) is 14.3 Å². The highest BCUT2D eigenvalue weighted by molar-refractivity contribution is 7.97. The van der Waals surface area contributed by atoms with E-state index in [0.29, 0.717) is 18.8 Å². The molecule has 6 nitrogen and oxygen atoms in total. The van der Waals surface area contributed by atoms with Crippen molar-refractivity contribution in [3.63, 3.8) is 0 Å². The van der Waals surface area contributed by atoms with E-state index in [2.05, 4.69) is 14.3 Å². The van der Waals surface area contributed by atoms with Gasteiger partial charge in [0.2, 0.25) is 0 Å². The lowest BCUT2D eigenvalue weighted by Gasteiger charge is -2.23. The van der Waals surface area contributed by atoms with Crippen LogP contribution in [0.3, 0.4) is 0 Å². The molecule has 1 unspecified atom stereocenters. The predicted molar refractivity (Wildman–Crippen MR) is 115 cm³/mol. The van der Waals surface area contributed by atoms with E-state index in [1.807, 2.05) is 48.5 Å². The van der Waals surface area contributed by atoms with Crippen LogP contribution in [0.25, 0.3) is 0 Å². The summed E-state index contributed by atoms with van der Waals surface area (Å²) in [5, 5.41) is 10.4. The molecule has 1 heterocycles. The van der Waals surface area contributed by atoms with Crippen molar-refractivity contribution in [2.75, 3.05) is 20.0 Å². The number of halogens is 1. The molecule has 0 fully saturated rings. The number of hydrogen-bond acceptors (Lipinski definition) is 7. The lowest BCUT2D eigenvalue weighted by molar-refractivity contribution is 0.192. The predicted octanol–water partition coefficient (Wildman–Crippen LogP) is 4.02. The Hall–Kier alpha value is -2.68. The van der Waals surface area contributed by atoms with E-state index in [1.165, 1.54) is 11.9 Å². The first-order valence-corrected chi connectivity index (χ1v) is 10.3. The normalized spacial score (nSPS) is 12.0. The number of aromatic nitrogens is 2. The Morgan fingerprint density at radius 2 is 1.37 bits per heavy atom. The number of nitrogens with zero attached hydrogens (tertiary/aromatic N) is 3. The van der Waals surface area contributed by atoms with E-state index in [9.17, 15) is 9.50 Å². The van der Waals surface area contributed by atoms with Gasteiger partial charge in [0.05, 0.1) is 26.6 Å². The van der Waals surface area contributed by atoms with Crippen LogP contribution in [0, 0.1) is 5.82 Å². The molecule has 0 aliphatic rings. The van der Waals surface area contributed by atoms with Crippen molar-refractivity contribution in [2.24, 2.45) is 0 Å². The monoisotopic (exact) mass is 429 g/mol. The zero-order valence-corrected chi connectivity index (χ0v) is 17.7. The maximum atomic E-state index is 13.0. The minimum Gasteiger partial charge on any atom is -0.497 e. The Morgan fingerprint density at radius 3 is 1.80 bits per heavy atom. The Labute approximate surface area is 179 Å². The van der Waals surface area contributed by atoms with E-state index in [0.717, 1.165) is 35.0 Å². The second-order valence-corrected chi connectivity index (χ2v) is 7.67. The summed E-state index contributed by atoms with van der Waals surface area (Å²) in [6.07, 6.45) is 1.22. The minimum absolute atomic E-state index is 0.206. The van der Waals surface area contributed by atoms with Gasteiger partial charge in [-0.1, -0.05) is 36.2 Å². The molecule has 1 N–H and O–H groups in total. The molecule has 158 valence electrons. The maximum Gasteiger partial charge on any atom is 0.159 e. The smallest absolute Gasteiger partial charge is 0.159 e. The largest absolute Gasteiger partial charge is 0.497 e. The fourth-order valence-corrected chi connectivity index (χ4v) is 3.74. The fourth-order valence-electron chi connectivity index (χ4n) is 2.76. The second-order valence-electron chi connectivity index (χ2n) is 6.57. The van der Waals surface area contributed by atoms with E-state index >= 15 is 0 Å². The summed E-state index contributed by atoms with van der Waals surface area (Å²) in [5.74, 6) is 1.63. The molecular formula is C22H24FN3O3S. The number of rotatable bonds is 10. The van der Waals surface area contributed by atoms with Gasteiger partial charge >= 0.3 is 0 Å². The van der Waals surface area contributed by atoms with Crippen molar-refractivity contribution < 1.29 is 19.0 Å². The molecule has 0 aliphatic carbocycles. The van der Waals surface area contributed by atoms with E-state index in [-0.39, 0.29) is 5.82 Å². The van der Waals surface area contributed by atoms with Crippen molar-refractivity contribution in [1.29, 1.82) is 0 Å². The molecule has 0 spiro atoms. The number of methoxy groups -OCH3 is 2. The summed E-state index contributed by atoms with van der Waals surface area (Å²) < 4.78 is 25.6. The summed E-state index contributed by atoms with van der Waals surface area (Å²) in [4.78, 5) is 7.73. The molecule has 1 atom stereocenters. The topological polar surface area (TPSA) is 67.7 Å². The first kappa shape index (κ1) is 22.0. The quantitative estimate of drug-likeness (QED) is 0.488. The molecule has 1 aromatic heterocycles. The zero-order chi connectivity index (χ0) is 21.3. The average molecular weight is 430 g/mol. The Kier molecular flexibility index (Phi) is 8.01. The number of aliphatic hydroxyl groups is 1. The zero-order valence-electron chi connectivity index (χ0n) is 16.9. The second kappa shape index (κ2) is 10.9. The van der Waals surface area contributed by atoms with Crippen LogP contribution in [0.4, 0.5) is 4.39 Å². The van der Waals surface area contributed by atoms with Crippen LogP contribution >= 0.6 is 11.9 Å². The molecule has 2 aromatic carbocycles. The van der Waals surface area contributed by atoms with Crippen molar-refractivity contribution in [2.45, 2.75) is 19.2 Å². The van der Waals surface area contributed by atoms with E-state index in [1.54, 1.807) is 14.2 Å². The van der Waals surface area contributed by atoms with Crippen LogP contribution < -0.4 is 9.47 Å². The van der Waals surface area contributed by atoms with Gasteiger partial charge in [-0.05, 0) is 35.4 Å². The van der Waals surface area contributed by atoms with E-state index in [4.69, 9.17) is 9.47 Å². The lowest BCUT2D eigenvalue weighted by atomic mass is 10.2. The highest BCUT2D eigenvalue weighted by Gasteiger charge is 2.15. The van der Waals surface area contributed by atoms with Gasteiger partial charge < -0.3 is 14.6 Å². The summed E-state index contributed by atoms with van der Waals surface area (Å²) >= 11 is 1.49. The molecule has 0 amide bonds. The molecule has 0 bridgehead atoms. The number of hydrogen-bond donors (Lipinski definition) is 1. The molecule has 3 rings (SSSR count). The summed E-state index contributed by atoms with van der Waals surface area (Å²) in [6, 6.07) is 15.7. The average Bonchev–Trinajstić information content (AvgIpc) is 2.78. The summed E-state index contributed by atoms with van der Waals surface area (Å²) in [7, 11) is 3.28. The third kappa shape index (κ3) is 6.41. The molecule has 30 heavy (non-hydrogen) atoms. The van der Waals surface area contributed by atoms with Gasteiger partial charge in [0, 0.05) is 18.8 Å². The summed E-state index contributed by atoms with van der Waals surface area (Å²) in [6.45, 7) is 1.33. The molecular weight excluding hydrogens is 405 g/mol. The Balaban J connectivity index is 1.68. The van der Waals surface area contributed by atoms with Crippen LogP contribution in [0.1, 0.15) is 23.1 Å². The highest BCUT2D eigenvalue weighted by atomic mass is 32.2. The molecule has 0 saturated carbocycles.